The number of hydrogen-bond donors (Lipinski definition) is 0. The molecule has 0 amide bonds. The van der Waals surface area contributed by atoms with Gasteiger partial charge in [-0.3, -0.25) is 0 Å². The monoisotopic (exact) mass is 370 g/mol. The lowest BCUT2D eigenvalue weighted by Gasteiger charge is -2.13. The number of ether oxygens (including phenoxy) is 2. The molecule has 134 valence electrons. The first-order valence-electron chi connectivity index (χ1n) is 7.84. The highest BCUT2D eigenvalue weighted by Crippen LogP contribution is 2.38. The first-order valence-corrected chi connectivity index (χ1v) is 8.21. The molecule has 0 atom stereocenters. The van der Waals surface area contributed by atoms with Crippen molar-refractivity contribution >= 4 is 11.6 Å². The van der Waals surface area contributed by atoms with E-state index in [4.69, 9.17) is 21.1 Å². The summed E-state index contributed by atoms with van der Waals surface area (Å²) in [6.45, 7) is 5.81. The molecule has 2 nitrogen and oxygen atoms in total. The molecule has 0 aliphatic rings. The van der Waals surface area contributed by atoms with Gasteiger partial charge in [-0.25, -0.2) is 8.78 Å². The van der Waals surface area contributed by atoms with E-state index >= 15 is 0 Å². The highest BCUT2D eigenvalue weighted by Gasteiger charge is 2.20. The van der Waals surface area contributed by atoms with Crippen LogP contribution in [0, 0.1) is 17.5 Å². The van der Waals surface area contributed by atoms with Gasteiger partial charge in [-0.2, -0.15) is 4.39 Å². The number of benzene rings is 2. The van der Waals surface area contributed by atoms with Crippen molar-refractivity contribution in [3.63, 3.8) is 0 Å². The molecule has 0 radical (unpaired) electrons. The highest BCUT2D eigenvalue weighted by atomic mass is 35.5. The lowest BCUT2D eigenvalue weighted by Crippen LogP contribution is -2.02. The molecule has 2 rings (SSSR count). The maximum absolute atomic E-state index is 14.4. The molecule has 0 saturated carbocycles. The number of hydrogen-bond acceptors (Lipinski definition) is 2. The van der Waals surface area contributed by atoms with Gasteiger partial charge in [-0.1, -0.05) is 37.6 Å². The summed E-state index contributed by atoms with van der Waals surface area (Å²) in [4.78, 5) is 0. The van der Waals surface area contributed by atoms with E-state index in [0.29, 0.717) is 0 Å². The minimum absolute atomic E-state index is 0.0293. The van der Waals surface area contributed by atoms with Crippen molar-refractivity contribution in [1.29, 1.82) is 0 Å². The van der Waals surface area contributed by atoms with E-state index < -0.39 is 17.5 Å². The van der Waals surface area contributed by atoms with Crippen molar-refractivity contribution in [2.45, 2.75) is 19.8 Å². The van der Waals surface area contributed by atoms with Gasteiger partial charge in [-0.05, 0) is 30.7 Å². The molecule has 0 heterocycles. The summed E-state index contributed by atoms with van der Waals surface area (Å²) in [5, 5.41) is -0.348. The van der Waals surface area contributed by atoms with Crippen LogP contribution >= 0.6 is 11.6 Å². The van der Waals surface area contributed by atoms with Crippen molar-refractivity contribution in [2.75, 3.05) is 13.2 Å². The maximum Gasteiger partial charge on any atom is 0.201 e. The third kappa shape index (κ3) is 4.28. The summed E-state index contributed by atoms with van der Waals surface area (Å²) in [5.74, 6) is -3.39. The molecule has 0 fully saturated rings. The van der Waals surface area contributed by atoms with Gasteiger partial charge in [-0.15, -0.1) is 0 Å². The molecule has 2 aromatic rings. The SMILES string of the molecule is C=CCOc1ccc(-c2ccc(OCCCC)c(F)c2F)c(Cl)c1F. The molecule has 6 heteroatoms. The quantitative estimate of drug-likeness (QED) is 0.408. The Hall–Kier alpha value is -2.14. The Morgan fingerprint density at radius 1 is 0.960 bits per heavy atom. The second kappa shape index (κ2) is 8.81. The van der Waals surface area contributed by atoms with Crippen molar-refractivity contribution < 1.29 is 22.6 Å². The van der Waals surface area contributed by atoms with Gasteiger partial charge in [0.25, 0.3) is 0 Å². The molecular weight excluding hydrogens is 353 g/mol. The highest BCUT2D eigenvalue weighted by molar-refractivity contribution is 6.33. The minimum Gasteiger partial charge on any atom is -0.490 e. The third-order valence-electron chi connectivity index (χ3n) is 3.50. The van der Waals surface area contributed by atoms with E-state index in [0.717, 1.165) is 12.8 Å². The van der Waals surface area contributed by atoms with Crippen molar-refractivity contribution in [2.24, 2.45) is 0 Å². The van der Waals surface area contributed by atoms with E-state index in [1.165, 1.54) is 30.3 Å². The molecule has 0 aliphatic carbocycles. The molecule has 0 unspecified atom stereocenters. The normalized spacial score (nSPS) is 10.6. The van der Waals surface area contributed by atoms with E-state index in [-0.39, 0.29) is 40.9 Å². The van der Waals surface area contributed by atoms with Gasteiger partial charge in [0.15, 0.2) is 23.1 Å². The summed E-state index contributed by atoms with van der Waals surface area (Å²) in [6, 6.07) is 5.30. The standard InChI is InChI=1S/C19H18ClF3O2/c1-3-5-11-25-15-9-7-13(17(21)19(15)23)12-6-8-14(24-10-4-2)18(22)16(12)20/h4,6-9H,2-3,5,10-11H2,1H3. The second-order valence-electron chi connectivity index (χ2n) is 5.28. The molecule has 0 spiro atoms. The molecular formula is C19H18ClF3O2. The van der Waals surface area contributed by atoms with Crippen LogP contribution in [0.25, 0.3) is 11.1 Å². The Kier molecular flexibility index (Phi) is 6.76. The molecule has 0 aliphatic heterocycles. The Balaban J connectivity index is 2.37. The smallest absolute Gasteiger partial charge is 0.201 e. The summed E-state index contributed by atoms with van der Waals surface area (Å²) >= 11 is 5.98. The molecule has 2 aromatic carbocycles. The van der Waals surface area contributed by atoms with Gasteiger partial charge in [0.1, 0.15) is 6.61 Å². The minimum atomic E-state index is -1.14. The van der Waals surface area contributed by atoms with E-state index in [1.807, 2.05) is 6.92 Å². The zero-order valence-corrected chi connectivity index (χ0v) is 14.5. The fraction of sp³-hybridized carbons (Fsp3) is 0.263. The fourth-order valence-corrected chi connectivity index (χ4v) is 2.44. The van der Waals surface area contributed by atoms with Crippen molar-refractivity contribution in [1.82, 2.24) is 0 Å². The van der Waals surface area contributed by atoms with Crippen LogP contribution in [0.15, 0.2) is 36.9 Å². The van der Waals surface area contributed by atoms with Crippen molar-refractivity contribution in [3.05, 3.63) is 59.4 Å². The van der Waals surface area contributed by atoms with Gasteiger partial charge in [0.2, 0.25) is 5.82 Å². The Labute approximate surface area is 149 Å². The Bertz CT molecular complexity index is 763. The fourth-order valence-electron chi connectivity index (χ4n) is 2.18. The van der Waals surface area contributed by atoms with Crippen LogP contribution in [0.3, 0.4) is 0 Å². The van der Waals surface area contributed by atoms with Crippen LogP contribution in [-0.4, -0.2) is 13.2 Å². The average Bonchev–Trinajstić information content (AvgIpc) is 2.61. The largest absolute Gasteiger partial charge is 0.490 e. The number of unbranched alkanes of at least 4 members (excludes halogenated alkanes) is 1. The number of rotatable bonds is 8. The topological polar surface area (TPSA) is 18.5 Å². The van der Waals surface area contributed by atoms with Crippen LogP contribution in [0.2, 0.25) is 5.02 Å². The predicted molar refractivity (Wildman–Crippen MR) is 92.9 cm³/mol. The van der Waals surface area contributed by atoms with Gasteiger partial charge < -0.3 is 9.47 Å². The Morgan fingerprint density at radius 3 is 2.24 bits per heavy atom. The van der Waals surface area contributed by atoms with E-state index in [9.17, 15) is 13.2 Å². The molecule has 0 N–H and O–H groups in total. The van der Waals surface area contributed by atoms with Crippen LogP contribution in [0.1, 0.15) is 19.8 Å². The number of halogens is 4. The van der Waals surface area contributed by atoms with Gasteiger partial charge >= 0.3 is 0 Å². The maximum atomic E-state index is 14.4. The predicted octanol–water partition coefficient (Wildman–Crippen LogP) is 6.17. The molecule has 25 heavy (non-hydrogen) atoms. The van der Waals surface area contributed by atoms with E-state index in [2.05, 4.69) is 6.58 Å². The first kappa shape index (κ1) is 19.2. The summed E-state index contributed by atoms with van der Waals surface area (Å²) in [5.41, 5.74) is -0.124. The third-order valence-corrected chi connectivity index (χ3v) is 3.87. The zero-order chi connectivity index (χ0) is 18.4. The van der Waals surface area contributed by atoms with Gasteiger partial charge in [0.05, 0.1) is 11.6 Å². The summed E-state index contributed by atoms with van der Waals surface area (Å²) in [6.07, 6.45) is 3.05. The summed E-state index contributed by atoms with van der Waals surface area (Å²) < 4.78 is 53.2. The lowest BCUT2D eigenvalue weighted by atomic mass is 10.0. The van der Waals surface area contributed by atoms with Crippen molar-refractivity contribution in [3.8, 4) is 22.6 Å². The molecule has 0 bridgehead atoms. The average molecular weight is 371 g/mol. The van der Waals surface area contributed by atoms with Crippen LogP contribution in [0.4, 0.5) is 13.2 Å². The molecule has 0 aromatic heterocycles. The van der Waals surface area contributed by atoms with Crippen LogP contribution < -0.4 is 9.47 Å². The van der Waals surface area contributed by atoms with Gasteiger partial charge in [0, 0.05) is 11.1 Å². The second-order valence-corrected chi connectivity index (χ2v) is 5.66. The molecule has 0 saturated heterocycles. The summed E-state index contributed by atoms with van der Waals surface area (Å²) in [7, 11) is 0. The lowest BCUT2D eigenvalue weighted by molar-refractivity contribution is 0.289. The van der Waals surface area contributed by atoms with Crippen LogP contribution in [0.5, 0.6) is 11.5 Å². The first-order chi connectivity index (χ1) is 12.0. The Morgan fingerprint density at radius 2 is 1.60 bits per heavy atom. The zero-order valence-electron chi connectivity index (χ0n) is 13.8. The van der Waals surface area contributed by atoms with E-state index in [1.54, 1.807) is 0 Å². The van der Waals surface area contributed by atoms with Crippen LogP contribution in [-0.2, 0) is 0 Å².